The lowest BCUT2D eigenvalue weighted by molar-refractivity contribution is -0.118. The molecule has 29 heavy (non-hydrogen) atoms. The average Bonchev–Trinajstić information content (AvgIpc) is 3.35. The Hall–Kier alpha value is -3.15. The summed E-state index contributed by atoms with van der Waals surface area (Å²) in [6.07, 6.45) is 1.39. The molecule has 3 aromatic rings. The zero-order chi connectivity index (χ0) is 21.0. The fraction of sp³-hybridized carbons (Fsp3) is 0.348. The predicted molar refractivity (Wildman–Crippen MR) is 113 cm³/mol. The van der Waals surface area contributed by atoms with Crippen molar-refractivity contribution in [3.05, 3.63) is 47.7 Å². The molecule has 0 spiro atoms. The lowest BCUT2D eigenvalue weighted by Gasteiger charge is -2.17. The Morgan fingerprint density at radius 1 is 1.10 bits per heavy atom. The number of nitrogens with one attached hydrogen (secondary N) is 2. The third kappa shape index (κ3) is 3.28. The van der Waals surface area contributed by atoms with Crippen molar-refractivity contribution in [3.63, 3.8) is 0 Å². The van der Waals surface area contributed by atoms with E-state index in [0.717, 1.165) is 16.6 Å². The number of benzene rings is 2. The number of ether oxygens (including phenoxy) is 1. The van der Waals surface area contributed by atoms with E-state index in [1.807, 2.05) is 12.1 Å². The van der Waals surface area contributed by atoms with Crippen molar-refractivity contribution in [3.8, 4) is 17.2 Å². The van der Waals surface area contributed by atoms with Crippen LogP contribution in [0.2, 0.25) is 0 Å². The topological polar surface area (TPSA) is 94.6 Å². The average molecular weight is 394 g/mol. The number of phenols is 2. The summed E-state index contributed by atoms with van der Waals surface area (Å²) in [6.45, 7) is 6.41. The van der Waals surface area contributed by atoms with Crippen LogP contribution in [0.1, 0.15) is 44.9 Å². The molecule has 1 aromatic heterocycles. The number of aromatic hydroxyl groups is 2. The molecule has 1 fully saturated rings. The fourth-order valence-corrected chi connectivity index (χ4v) is 3.69. The second-order valence-corrected chi connectivity index (χ2v) is 8.82. The predicted octanol–water partition coefficient (Wildman–Crippen LogP) is 4.56. The smallest absolute Gasteiger partial charge is 0.235 e. The van der Waals surface area contributed by atoms with Gasteiger partial charge in [0.05, 0.1) is 18.0 Å². The molecule has 0 radical (unpaired) electrons. The first-order valence-corrected chi connectivity index (χ1v) is 9.69. The van der Waals surface area contributed by atoms with E-state index < -0.39 is 5.41 Å². The van der Waals surface area contributed by atoms with Crippen LogP contribution in [0.4, 0.5) is 5.69 Å². The highest BCUT2D eigenvalue weighted by atomic mass is 16.5. The number of aromatic nitrogens is 1. The third-order valence-corrected chi connectivity index (χ3v) is 5.69. The molecule has 4 rings (SSSR count). The quantitative estimate of drug-likeness (QED) is 0.488. The van der Waals surface area contributed by atoms with Crippen LogP contribution in [0.5, 0.6) is 17.2 Å². The van der Waals surface area contributed by atoms with E-state index in [2.05, 4.69) is 37.1 Å². The number of phenolic OH excluding ortho intramolecular Hbond substituents is 2. The van der Waals surface area contributed by atoms with Crippen LogP contribution >= 0.6 is 0 Å². The molecule has 0 aliphatic heterocycles. The minimum atomic E-state index is -0.678. The van der Waals surface area contributed by atoms with Gasteiger partial charge in [-0.25, -0.2) is 0 Å². The van der Waals surface area contributed by atoms with Crippen molar-refractivity contribution in [2.45, 2.75) is 44.4 Å². The Labute approximate surface area is 169 Å². The minimum Gasteiger partial charge on any atom is -0.504 e. The van der Waals surface area contributed by atoms with Crippen LogP contribution in [0.15, 0.2) is 36.4 Å². The highest BCUT2D eigenvalue weighted by Crippen LogP contribution is 2.50. The molecular weight excluding hydrogens is 368 g/mol. The standard InChI is InChI=1S/C23H26N2O4/c1-22(2,3)19-10-13-9-15(12-18(29-4)20(13)25-19)24-21(28)23(7-8-23)14-5-6-16(26)17(27)11-14/h5-6,9-12,25-27H,7-8H2,1-4H3,(H,24,28). The first kappa shape index (κ1) is 19.2. The summed E-state index contributed by atoms with van der Waals surface area (Å²) in [7, 11) is 1.61. The molecule has 6 heteroatoms. The van der Waals surface area contributed by atoms with E-state index in [4.69, 9.17) is 4.74 Å². The molecule has 0 unspecified atom stereocenters. The molecule has 1 amide bonds. The molecule has 0 bridgehead atoms. The summed E-state index contributed by atoms with van der Waals surface area (Å²) in [5.41, 5.74) is 2.64. The van der Waals surface area contributed by atoms with E-state index >= 15 is 0 Å². The third-order valence-electron chi connectivity index (χ3n) is 5.69. The molecule has 1 heterocycles. The number of methoxy groups -OCH3 is 1. The highest BCUT2D eigenvalue weighted by molar-refractivity contribution is 6.03. The first-order chi connectivity index (χ1) is 13.6. The molecular formula is C23H26N2O4. The van der Waals surface area contributed by atoms with Crippen LogP contribution in [0.3, 0.4) is 0 Å². The zero-order valence-corrected chi connectivity index (χ0v) is 17.1. The molecule has 6 nitrogen and oxygen atoms in total. The van der Waals surface area contributed by atoms with Crippen molar-refractivity contribution in [2.75, 3.05) is 12.4 Å². The van der Waals surface area contributed by atoms with Gasteiger partial charge >= 0.3 is 0 Å². The van der Waals surface area contributed by atoms with Gasteiger partial charge in [-0.3, -0.25) is 4.79 Å². The summed E-state index contributed by atoms with van der Waals surface area (Å²) in [5.74, 6) is 0.130. The van der Waals surface area contributed by atoms with Crippen LogP contribution < -0.4 is 10.1 Å². The van der Waals surface area contributed by atoms with Gasteiger partial charge in [-0.15, -0.1) is 0 Å². The number of carbonyl (C=O) groups excluding carboxylic acids is 1. The Balaban J connectivity index is 1.66. The number of anilines is 1. The number of rotatable bonds is 4. The normalized spacial score (nSPS) is 15.3. The van der Waals surface area contributed by atoms with E-state index in [1.54, 1.807) is 13.2 Å². The molecule has 1 aliphatic carbocycles. The van der Waals surface area contributed by atoms with Crippen LogP contribution in [0.25, 0.3) is 10.9 Å². The summed E-state index contributed by atoms with van der Waals surface area (Å²) in [5, 5.41) is 23.4. The van der Waals surface area contributed by atoms with Crippen LogP contribution in [-0.4, -0.2) is 28.2 Å². The number of carbonyl (C=O) groups is 1. The van der Waals surface area contributed by atoms with Crippen molar-refractivity contribution in [1.82, 2.24) is 4.98 Å². The van der Waals surface area contributed by atoms with Gasteiger partial charge in [0.15, 0.2) is 11.5 Å². The van der Waals surface area contributed by atoms with E-state index in [1.165, 1.54) is 12.1 Å². The Morgan fingerprint density at radius 2 is 1.83 bits per heavy atom. The molecule has 1 saturated carbocycles. The van der Waals surface area contributed by atoms with E-state index in [9.17, 15) is 15.0 Å². The summed E-state index contributed by atoms with van der Waals surface area (Å²) >= 11 is 0. The van der Waals surface area contributed by atoms with Crippen molar-refractivity contribution in [2.24, 2.45) is 0 Å². The SMILES string of the molecule is COc1cc(NC(=O)C2(c3ccc(O)c(O)c3)CC2)cc2cc(C(C)(C)C)[nH]c12. The largest absolute Gasteiger partial charge is 0.504 e. The molecule has 0 saturated heterocycles. The highest BCUT2D eigenvalue weighted by Gasteiger charge is 2.51. The van der Waals surface area contributed by atoms with Crippen LogP contribution in [0, 0.1) is 0 Å². The van der Waals surface area contributed by atoms with Crippen molar-refractivity contribution in [1.29, 1.82) is 0 Å². The number of aromatic amines is 1. The lowest BCUT2D eigenvalue weighted by Crippen LogP contribution is -2.27. The Bertz CT molecular complexity index is 1100. The molecule has 152 valence electrons. The number of hydrogen-bond acceptors (Lipinski definition) is 4. The molecule has 1 aliphatic rings. The maximum atomic E-state index is 13.1. The second kappa shape index (κ2) is 6.44. The maximum Gasteiger partial charge on any atom is 0.235 e. The molecule has 0 atom stereocenters. The number of amides is 1. The van der Waals surface area contributed by atoms with E-state index in [0.29, 0.717) is 29.8 Å². The van der Waals surface area contributed by atoms with Gasteiger partial charge in [0.2, 0.25) is 5.91 Å². The first-order valence-electron chi connectivity index (χ1n) is 9.69. The lowest BCUT2D eigenvalue weighted by atomic mass is 9.92. The maximum absolute atomic E-state index is 13.1. The number of hydrogen-bond donors (Lipinski definition) is 4. The number of H-pyrrole nitrogens is 1. The fourth-order valence-electron chi connectivity index (χ4n) is 3.69. The number of fused-ring (bicyclic) bond motifs is 1. The summed E-state index contributed by atoms with van der Waals surface area (Å²) < 4.78 is 5.55. The van der Waals surface area contributed by atoms with Gasteiger partial charge in [-0.1, -0.05) is 26.8 Å². The van der Waals surface area contributed by atoms with Gasteiger partial charge in [0.1, 0.15) is 5.75 Å². The Morgan fingerprint density at radius 3 is 2.41 bits per heavy atom. The Kier molecular flexibility index (Phi) is 4.26. The van der Waals surface area contributed by atoms with Crippen LogP contribution in [-0.2, 0) is 15.6 Å². The van der Waals surface area contributed by atoms with Gasteiger partial charge < -0.3 is 25.3 Å². The minimum absolute atomic E-state index is 0.0353. The van der Waals surface area contributed by atoms with Crippen molar-refractivity contribution < 1.29 is 19.7 Å². The van der Waals surface area contributed by atoms with Gasteiger partial charge in [-0.2, -0.15) is 0 Å². The van der Waals surface area contributed by atoms with E-state index in [-0.39, 0.29) is 22.8 Å². The van der Waals surface area contributed by atoms with Crippen molar-refractivity contribution >= 4 is 22.5 Å². The summed E-state index contributed by atoms with van der Waals surface area (Å²) in [6, 6.07) is 10.4. The second-order valence-electron chi connectivity index (χ2n) is 8.82. The summed E-state index contributed by atoms with van der Waals surface area (Å²) in [4.78, 5) is 16.5. The van der Waals surface area contributed by atoms with Gasteiger partial charge in [0.25, 0.3) is 0 Å². The van der Waals surface area contributed by atoms with Gasteiger partial charge in [-0.05, 0) is 42.7 Å². The zero-order valence-electron chi connectivity index (χ0n) is 17.1. The molecule has 2 aromatic carbocycles. The monoisotopic (exact) mass is 394 g/mol. The molecule has 4 N–H and O–H groups in total. The van der Waals surface area contributed by atoms with Gasteiger partial charge in [0, 0.05) is 28.2 Å².